The standard InChI is InChI=1S/C29H51NO4/c1-5-7-9-11-13-15-17-19-21-33-28(31)26-23-27(25(4)30-24(26)3)29(32)34-22-20-18-16-14-12-10-8-6-2/h30H,5-23H2,1-4H3. The van der Waals surface area contributed by atoms with Crippen molar-refractivity contribution in [2.45, 2.75) is 137 Å². The van der Waals surface area contributed by atoms with Crippen molar-refractivity contribution in [1.82, 2.24) is 5.32 Å². The van der Waals surface area contributed by atoms with Crippen LogP contribution in [0.4, 0.5) is 0 Å². The fourth-order valence-corrected chi connectivity index (χ4v) is 4.30. The van der Waals surface area contributed by atoms with Gasteiger partial charge >= 0.3 is 11.9 Å². The lowest BCUT2D eigenvalue weighted by molar-refractivity contribution is -0.139. The largest absolute Gasteiger partial charge is 0.462 e. The van der Waals surface area contributed by atoms with Crippen LogP contribution in [0, 0.1) is 0 Å². The van der Waals surface area contributed by atoms with E-state index in [1.165, 1.54) is 77.0 Å². The predicted molar refractivity (Wildman–Crippen MR) is 140 cm³/mol. The number of nitrogens with one attached hydrogen (secondary N) is 1. The maximum Gasteiger partial charge on any atom is 0.336 e. The second-order valence-corrected chi connectivity index (χ2v) is 9.73. The van der Waals surface area contributed by atoms with Crippen molar-refractivity contribution in [2.24, 2.45) is 0 Å². The fourth-order valence-electron chi connectivity index (χ4n) is 4.30. The van der Waals surface area contributed by atoms with Crippen LogP contribution >= 0.6 is 0 Å². The van der Waals surface area contributed by atoms with E-state index in [1.807, 2.05) is 13.8 Å². The van der Waals surface area contributed by atoms with Gasteiger partial charge in [0.1, 0.15) is 0 Å². The lowest BCUT2D eigenvalue weighted by Crippen LogP contribution is -2.27. The van der Waals surface area contributed by atoms with Crippen LogP contribution in [0.3, 0.4) is 0 Å². The number of allylic oxidation sites excluding steroid dienone is 2. The topological polar surface area (TPSA) is 64.6 Å². The number of esters is 2. The van der Waals surface area contributed by atoms with E-state index in [4.69, 9.17) is 9.47 Å². The molecule has 0 aromatic heterocycles. The van der Waals surface area contributed by atoms with Crippen molar-refractivity contribution >= 4 is 11.9 Å². The number of carbonyl (C=O) groups excluding carboxylic acids is 2. The molecule has 0 radical (unpaired) electrons. The second kappa shape index (κ2) is 19.5. The van der Waals surface area contributed by atoms with Crippen LogP contribution in [0.25, 0.3) is 0 Å². The van der Waals surface area contributed by atoms with Gasteiger partial charge in [-0.1, -0.05) is 104 Å². The molecule has 1 rings (SSSR count). The zero-order valence-electron chi connectivity index (χ0n) is 22.6. The molecule has 34 heavy (non-hydrogen) atoms. The quantitative estimate of drug-likeness (QED) is 0.143. The predicted octanol–water partition coefficient (Wildman–Crippen LogP) is 7.90. The molecule has 0 saturated carbocycles. The molecule has 5 nitrogen and oxygen atoms in total. The Morgan fingerprint density at radius 2 is 0.912 bits per heavy atom. The third-order valence-electron chi connectivity index (χ3n) is 6.59. The van der Waals surface area contributed by atoms with Crippen LogP contribution in [0.5, 0.6) is 0 Å². The number of hydrogen-bond donors (Lipinski definition) is 1. The molecule has 0 saturated heterocycles. The Bertz CT molecular complexity index is 597. The van der Waals surface area contributed by atoms with E-state index in [9.17, 15) is 9.59 Å². The van der Waals surface area contributed by atoms with E-state index in [0.29, 0.717) is 24.4 Å². The van der Waals surface area contributed by atoms with Crippen LogP contribution in [0.1, 0.15) is 137 Å². The Kier molecular flexibility index (Phi) is 17.4. The molecule has 0 aromatic rings. The summed E-state index contributed by atoms with van der Waals surface area (Å²) in [7, 11) is 0. The van der Waals surface area contributed by atoms with Crippen LogP contribution in [0.15, 0.2) is 22.5 Å². The summed E-state index contributed by atoms with van der Waals surface area (Å²) in [6, 6.07) is 0. The molecule has 0 bridgehead atoms. The van der Waals surface area contributed by atoms with Gasteiger partial charge in [-0.15, -0.1) is 0 Å². The minimum atomic E-state index is -0.325. The van der Waals surface area contributed by atoms with E-state index < -0.39 is 0 Å². The monoisotopic (exact) mass is 477 g/mol. The Morgan fingerprint density at radius 1 is 0.588 bits per heavy atom. The minimum Gasteiger partial charge on any atom is -0.462 e. The first-order valence-electron chi connectivity index (χ1n) is 14.0. The van der Waals surface area contributed by atoms with Crippen LogP contribution < -0.4 is 5.32 Å². The van der Waals surface area contributed by atoms with Crippen molar-refractivity contribution in [3.8, 4) is 0 Å². The Hall–Kier alpha value is -1.78. The number of unbranched alkanes of at least 4 members (excludes halogenated alkanes) is 14. The highest BCUT2D eigenvalue weighted by Crippen LogP contribution is 2.25. The van der Waals surface area contributed by atoms with Gasteiger partial charge in [-0.2, -0.15) is 0 Å². The Balaban J connectivity index is 2.27. The van der Waals surface area contributed by atoms with Gasteiger partial charge in [-0.05, 0) is 26.7 Å². The molecule has 5 heteroatoms. The van der Waals surface area contributed by atoms with Crippen LogP contribution in [0.2, 0.25) is 0 Å². The third kappa shape index (κ3) is 13.2. The number of ether oxygens (including phenoxy) is 2. The molecule has 1 aliphatic rings. The third-order valence-corrected chi connectivity index (χ3v) is 6.59. The second-order valence-electron chi connectivity index (χ2n) is 9.73. The molecule has 0 spiro atoms. The van der Waals surface area contributed by atoms with Gasteiger partial charge in [-0.25, -0.2) is 9.59 Å². The lowest BCUT2D eigenvalue weighted by Gasteiger charge is -2.22. The van der Waals surface area contributed by atoms with Crippen molar-refractivity contribution in [3.05, 3.63) is 22.5 Å². The first-order valence-corrected chi connectivity index (χ1v) is 14.0. The van der Waals surface area contributed by atoms with E-state index >= 15 is 0 Å². The maximum atomic E-state index is 12.6. The van der Waals surface area contributed by atoms with Crippen molar-refractivity contribution in [3.63, 3.8) is 0 Å². The van der Waals surface area contributed by atoms with Gasteiger partial charge in [0.05, 0.1) is 24.4 Å². The van der Waals surface area contributed by atoms with Crippen molar-refractivity contribution < 1.29 is 19.1 Å². The molecule has 0 fully saturated rings. The van der Waals surface area contributed by atoms with Crippen molar-refractivity contribution in [2.75, 3.05) is 13.2 Å². The van der Waals surface area contributed by atoms with Gasteiger partial charge < -0.3 is 14.8 Å². The molecule has 1 heterocycles. The summed E-state index contributed by atoms with van der Waals surface area (Å²) in [5, 5.41) is 3.17. The Labute approximate surface area is 209 Å². The first kappa shape index (κ1) is 30.3. The summed E-state index contributed by atoms with van der Waals surface area (Å²) in [6.07, 6.45) is 19.6. The number of dihydropyridines is 1. The molecular weight excluding hydrogens is 426 g/mol. The van der Waals surface area contributed by atoms with Gasteiger partial charge in [0.25, 0.3) is 0 Å². The summed E-state index contributed by atoms with van der Waals surface area (Å²) in [6.45, 7) is 9.05. The molecule has 1 N–H and O–H groups in total. The summed E-state index contributed by atoms with van der Waals surface area (Å²) >= 11 is 0. The molecular formula is C29H51NO4. The smallest absolute Gasteiger partial charge is 0.336 e. The highest BCUT2D eigenvalue weighted by molar-refractivity contribution is 5.96. The van der Waals surface area contributed by atoms with E-state index in [2.05, 4.69) is 19.2 Å². The summed E-state index contributed by atoms with van der Waals surface area (Å²) in [5.74, 6) is -0.650. The lowest BCUT2D eigenvalue weighted by atomic mass is 9.98. The number of rotatable bonds is 20. The molecule has 1 aliphatic heterocycles. The van der Waals surface area contributed by atoms with Gasteiger partial charge in [0.15, 0.2) is 0 Å². The highest BCUT2D eigenvalue weighted by atomic mass is 16.5. The summed E-state index contributed by atoms with van der Waals surface area (Å²) in [5.41, 5.74) is 2.59. The zero-order chi connectivity index (χ0) is 25.0. The normalized spacial score (nSPS) is 13.8. The molecule has 0 atom stereocenters. The average Bonchev–Trinajstić information content (AvgIpc) is 2.81. The first-order chi connectivity index (χ1) is 16.5. The number of carbonyl (C=O) groups is 2. The molecule has 0 amide bonds. The van der Waals surface area contributed by atoms with Crippen LogP contribution in [-0.2, 0) is 19.1 Å². The minimum absolute atomic E-state index is 0.275. The van der Waals surface area contributed by atoms with E-state index in [0.717, 1.165) is 37.1 Å². The van der Waals surface area contributed by atoms with Gasteiger partial charge in [0.2, 0.25) is 0 Å². The SMILES string of the molecule is CCCCCCCCCCOC(=O)C1=C(C)NC(C)=C(C(=O)OCCCCCCCCCC)C1. The van der Waals surface area contributed by atoms with E-state index in [-0.39, 0.29) is 18.4 Å². The van der Waals surface area contributed by atoms with Gasteiger partial charge in [0, 0.05) is 17.8 Å². The zero-order valence-corrected chi connectivity index (χ0v) is 22.6. The molecule has 0 unspecified atom stereocenters. The molecule has 0 aliphatic carbocycles. The fraction of sp³-hybridized carbons (Fsp3) is 0.793. The average molecular weight is 478 g/mol. The summed E-state index contributed by atoms with van der Waals surface area (Å²) < 4.78 is 11.0. The summed E-state index contributed by atoms with van der Waals surface area (Å²) in [4.78, 5) is 25.2. The van der Waals surface area contributed by atoms with Crippen LogP contribution in [-0.4, -0.2) is 25.2 Å². The number of hydrogen-bond acceptors (Lipinski definition) is 5. The maximum absolute atomic E-state index is 12.6. The van der Waals surface area contributed by atoms with Gasteiger partial charge in [-0.3, -0.25) is 0 Å². The molecule has 196 valence electrons. The Morgan fingerprint density at radius 3 is 1.26 bits per heavy atom. The van der Waals surface area contributed by atoms with E-state index in [1.54, 1.807) is 0 Å². The van der Waals surface area contributed by atoms with Crippen molar-refractivity contribution in [1.29, 1.82) is 0 Å². The highest BCUT2D eigenvalue weighted by Gasteiger charge is 2.26. The molecule has 0 aromatic carbocycles.